The van der Waals surface area contributed by atoms with Gasteiger partial charge in [-0.2, -0.15) is 5.10 Å². The van der Waals surface area contributed by atoms with Crippen molar-refractivity contribution in [2.45, 2.75) is 18.8 Å². The molecule has 7 nitrogen and oxygen atoms in total. The van der Waals surface area contributed by atoms with Crippen LogP contribution < -0.4 is 5.32 Å². The molecule has 0 bridgehead atoms. The topological polar surface area (TPSA) is 95.2 Å². The zero-order valence-electron chi connectivity index (χ0n) is 15.6. The zero-order valence-corrected chi connectivity index (χ0v) is 16.5. The summed E-state index contributed by atoms with van der Waals surface area (Å²) in [5, 5.41) is 13.1. The number of hydrogen-bond acceptors (Lipinski definition) is 6. The van der Waals surface area contributed by atoms with Crippen molar-refractivity contribution < 1.29 is 0 Å². The van der Waals surface area contributed by atoms with Crippen molar-refractivity contribution in [1.82, 2.24) is 35.5 Å². The van der Waals surface area contributed by atoms with Gasteiger partial charge in [0.15, 0.2) is 11.5 Å². The van der Waals surface area contributed by atoms with Gasteiger partial charge in [0.05, 0.1) is 17.2 Å². The van der Waals surface area contributed by atoms with Crippen LogP contribution in [0.5, 0.6) is 0 Å². The van der Waals surface area contributed by atoms with Gasteiger partial charge in [-0.3, -0.25) is 10.1 Å². The van der Waals surface area contributed by atoms with Crippen LogP contribution in [0.1, 0.15) is 24.5 Å². The third-order valence-electron chi connectivity index (χ3n) is 5.59. The van der Waals surface area contributed by atoms with Crippen LogP contribution in [0.2, 0.25) is 0 Å². The quantitative estimate of drug-likeness (QED) is 0.423. The maximum atomic E-state index is 4.98. The van der Waals surface area contributed by atoms with Crippen molar-refractivity contribution in [3.63, 3.8) is 0 Å². The molecular weight excluding hydrogens is 382 g/mol. The average molecular weight is 401 g/mol. The van der Waals surface area contributed by atoms with E-state index in [4.69, 9.17) is 9.97 Å². The smallest absolute Gasteiger partial charge is 0.161 e. The average Bonchev–Trinajstić information content (AvgIpc) is 3.52. The molecule has 0 unspecified atom stereocenters. The van der Waals surface area contributed by atoms with E-state index in [1.165, 1.54) is 0 Å². The Hall–Kier alpha value is -3.10. The standard InChI is InChI=1S/C21H19N7S/c1-2-17(29-9-1)13-10-23-11-16-18(13)26-21(25-16)20-19-15(27-28-20)4-3-14(24-19)12-5-7-22-8-6-12/h1-4,9-12,22H,5-8H2,(H,25,26)(H,27,28). The van der Waals surface area contributed by atoms with Crippen LogP contribution >= 0.6 is 11.3 Å². The van der Waals surface area contributed by atoms with Crippen LogP contribution in [-0.2, 0) is 0 Å². The van der Waals surface area contributed by atoms with Gasteiger partial charge in [-0.15, -0.1) is 11.3 Å². The summed E-state index contributed by atoms with van der Waals surface area (Å²) in [5.41, 5.74) is 6.52. The molecule has 1 aliphatic heterocycles. The van der Waals surface area contributed by atoms with Crippen molar-refractivity contribution in [3.8, 4) is 22.0 Å². The molecule has 1 fully saturated rings. The number of pyridine rings is 2. The summed E-state index contributed by atoms with van der Waals surface area (Å²) in [5.74, 6) is 1.21. The minimum Gasteiger partial charge on any atom is -0.335 e. The highest BCUT2D eigenvalue weighted by Gasteiger charge is 2.20. The zero-order chi connectivity index (χ0) is 19.2. The summed E-state index contributed by atoms with van der Waals surface area (Å²) in [6.07, 6.45) is 5.92. The molecule has 0 amide bonds. The summed E-state index contributed by atoms with van der Waals surface area (Å²) in [4.78, 5) is 18.8. The second-order valence-electron chi connectivity index (χ2n) is 7.37. The van der Waals surface area contributed by atoms with E-state index in [1.807, 2.05) is 18.5 Å². The summed E-state index contributed by atoms with van der Waals surface area (Å²) >= 11 is 1.68. The van der Waals surface area contributed by atoms with E-state index < -0.39 is 0 Å². The van der Waals surface area contributed by atoms with Gasteiger partial charge in [-0.1, -0.05) is 6.07 Å². The molecule has 6 rings (SSSR count). The lowest BCUT2D eigenvalue weighted by Gasteiger charge is -2.22. The molecule has 0 aromatic carbocycles. The first-order chi connectivity index (χ1) is 14.4. The summed E-state index contributed by atoms with van der Waals surface area (Å²) in [6.45, 7) is 2.09. The minimum absolute atomic E-state index is 0.494. The van der Waals surface area contributed by atoms with Gasteiger partial charge in [0.25, 0.3) is 0 Å². The van der Waals surface area contributed by atoms with Gasteiger partial charge >= 0.3 is 0 Å². The van der Waals surface area contributed by atoms with E-state index in [9.17, 15) is 0 Å². The van der Waals surface area contributed by atoms with E-state index in [-0.39, 0.29) is 0 Å². The number of imidazole rings is 1. The molecule has 5 aromatic rings. The fourth-order valence-corrected chi connectivity index (χ4v) is 4.82. The van der Waals surface area contributed by atoms with Gasteiger partial charge in [-0.25, -0.2) is 9.97 Å². The summed E-state index contributed by atoms with van der Waals surface area (Å²) in [7, 11) is 0. The maximum absolute atomic E-state index is 4.98. The Kier molecular flexibility index (Phi) is 3.92. The number of hydrogen-bond donors (Lipinski definition) is 3. The van der Waals surface area contributed by atoms with E-state index in [1.54, 1.807) is 11.3 Å². The first kappa shape index (κ1) is 16.8. The van der Waals surface area contributed by atoms with Gasteiger partial charge < -0.3 is 10.3 Å². The second kappa shape index (κ2) is 6.75. The molecule has 29 heavy (non-hydrogen) atoms. The fourth-order valence-electron chi connectivity index (χ4n) is 4.08. The van der Waals surface area contributed by atoms with Crippen LogP contribution in [0.4, 0.5) is 0 Å². The van der Waals surface area contributed by atoms with Crippen LogP contribution in [0.15, 0.2) is 42.0 Å². The molecule has 8 heteroatoms. The molecule has 1 aliphatic rings. The molecule has 144 valence electrons. The number of aromatic nitrogens is 6. The molecule has 0 atom stereocenters. The highest BCUT2D eigenvalue weighted by atomic mass is 32.1. The number of fused-ring (bicyclic) bond motifs is 2. The lowest BCUT2D eigenvalue weighted by Crippen LogP contribution is -2.27. The second-order valence-corrected chi connectivity index (χ2v) is 8.32. The predicted octanol–water partition coefficient (Wildman–Crippen LogP) is 4.09. The first-order valence-corrected chi connectivity index (χ1v) is 10.7. The molecule has 0 radical (unpaired) electrons. The van der Waals surface area contributed by atoms with Crippen molar-refractivity contribution in [1.29, 1.82) is 0 Å². The molecule has 3 N–H and O–H groups in total. The van der Waals surface area contributed by atoms with Crippen LogP contribution in [0.25, 0.3) is 44.0 Å². The van der Waals surface area contributed by atoms with Crippen molar-refractivity contribution in [2.24, 2.45) is 0 Å². The Morgan fingerprint density at radius 2 is 1.90 bits per heavy atom. The number of nitrogens with one attached hydrogen (secondary N) is 3. The van der Waals surface area contributed by atoms with Gasteiger partial charge in [0.1, 0.15) is 11.0 Å². The van der Waals surface area contributed by atoms with E-state index in [0.29, 0.717) is 11.7 Å². The van der Waals surface area contributed by atoms with E-state index >= 15 is 0 Å². The Balaban J connectivity index is 1.48. The number of H-pyrrole nitrogens is 2. The Morgan fingerprint density at radius 3 is 2.76 bits per heavy atom. The normalized spacial score (nSPS) is 15.4. The predicted molar refractivity (Wildman–Crippen MR) is 115 cm³/mol. The first-order valence-electron chi connectivity index (χ1n) is 9.80. The fraction of sp³-hybridized carbons (Fsp3) is 0.238. The van der Waals surface area contributed by atoms with Crippen molar-refractivity contribution in [2.75, 3.05) is 13.1 Å². The minimum atomic E-state index is 0.494. The number of thiophene rings is 1. The summed E-state index contributed by atoms with van der Waals surface area (Å²) < 4.78 is 0. The molecule has 6 heterocycles. The van der Waals surface area contributed by atoms with Crippen LogP contribution in [0.3, 0.4) is 0 Å². The molecular formula is C21H19N7S. The largest absolute Gasteiger partial charge is 0.335 e. The number of rotatable bonds is 3. The third kappa shape index (κ3) is 2.83. The third-order valence-corrected chi connectivity index (χ3v) is 6.49. The maximum Gasteiger partial charge on any atom is 0.161 e. The molecule has 0 spiro atoms. The van der Waals surface area contributed by atoms with Gasteiger partial charge in [0.2, 0.25) is 0 Å². The molecule has 0 aliphatic carbocycles. The lowest BCUT2D eigenvalue weighted by molar-refractivity contribution is 0.454. The number of nitrogens with zero attached hydrogens (tertiary/aromatic N) is 4. The summed E-state index contributed by atoms with van der Waals surface area (Å²) in [6, 6.07) is 8.33. The van der Waals surface area contributed by atoms with E-state index in [0.717, 1.165) is 69.8 Å². The Morgan fingerprint density at radius 1 is 0.966 bits per heavy atom. The van der Waals surface area contributed by atoms with Crippen molar-refractivity contribution in [3.05, 3.63) is 47.7 Å². The highest BCUT2D eigenvalue weighted by molar-refractivity contribution is 7.13. The lowest BCUT2D eigenvalue weighted by atomic mass is 9.94. The number of piperidine rings is 1. The highest BCUT2D eigenvalue weighted by Crippen LogP contribution is 2.33. The molecule has 1 saturated heterocycles. The molecule has 5 aromatic heterocycles. The van der Waals surface area contributed by atoms with Gasteiger partial charge in [-0.05, 0) is 49.5 Å². The van der Waals surface area contributed by atoms with Gasteiger partial charge in [0, 0.05) is 28.2 Å². The monoisotopic (exact) mass is 401 g/mol. The number of aromatic amines is 2. The Bertz CT molecular complexity index is 1300. The van der Waals surface area contributed by atoms with Crippen LogP contribution in [-0.4, -0.2) is 43.2 Å². The van der Waals surface area contributed by atoms with Crippen molar-refractivity contribution >= 4 is 33.4 Å². The molecule has 0 saturated carbocycles. The Labute approximate surface area is 170 Å². The van der Waals surface area contributed by atoms with E-state index in [2.05, 4.69) is 49.1 Å². The SMILES string of the molecule is c1csc(-c2cncc3[nH]c(-c4n[nH]c5ccc(C6CCNCC6)nc45)nc23)c1. The van der Waals surface area contributed by atoms with Crippen LogP contribution in [0, 0.1) is 0 Å².